The van der Waals surface area contributed by atoms with E-state index in [0.29, 0.717) is 12.2 Å². The molecule has 4 nitrogen and oxygen atoms in total. The molecule has 0 saturated carbocycles. The van der Waals surface area contributed by atoms with Crippen molar-refractivity contribution in [2.75, 3.05) is 6.79 Å². The maximum Gasteiger partial charge on any atom is 0.235 e. The van der Waals surface area contributed by atoms with Crippen molar-refractivity contribution in [1.29, 1.82) is 0 Å². The van der Waals surface area contributed by atoms with Gasteiger partial charge in [0, 0.05) is 28.5 Å². The van der Waals surface area contributed by atoms with Crippen molar-refractivity contribution in [3.05, 3.63) is 87.4 Å². The highest BCUT2D eigenvalue weighted by molar-refractivity contribution is 6.32. The maximum absolute atomic E-state index is 11.6. The third-order valence-electron chi connectivity index (χ3n) is 5.82. The van der Waals surface area contributed by atoms with Crippen molar-refractivity contribution >= 4 is 11.6 Å². The van der Waals surface area contributed by atoms with E-state index in [0.717, 1.165) is 44.3 Å². The highest BCUT2D eigenvalue weighted by Gasteiger charge is 2.43. The number of hydrogen-bond donors (Lipinski definition) is 1. The monoisotopic (exact) mass is 408 g/mol. The third kappa shape index (κ3) is 2.95. The lowest BCUT2D eigenvalue weighted by Gasteiger charge is -2.40. The van der Waals surface area contributed by atoms with Gasteiger partial charge in [-0.1, -0.05) is 48.0 Å². The summed E-state index contributed by atoms with van der Waals surface area (Å²) in [5, 5.41) is 12.3. The van der Waals surface area contributed by atoms with Crippen molar-refractivity contribution in [1.82, 2.24) is 0 Å². The minimum Gasteiger partial charge on any atom is -0.458 e. The number of rotatable bonds is 2. The summed E-state index contributed by atoms with van der Waals surface area (Å²) in [4.78, 5) is 0. The fourth-order valence-corrected chi connectivity index (χ4v) is 4.50. The highest BCUT2D eigenvalue weighted by atomic mass is 35.5. The molecule has 0 saturated heterocycles. The molecule has 5 heteroatoms. The second-order valence-electron chi connectivity index (χ2n) is 7.67. The Bertz CT molecular complexity index is 1100. The van der Waals surface area contributed by atoms with Crippen LogP contribution in [0.1, 0.15) is 40.2 Å². The van der Waals surface area contributed by atoms with Crippen LogP contribution in [-0.4, -0.2) is 11.9 Å². The second-order valence-corrected chi connectivity index (χ2v) is 8.04. The van der Waals surface area contributed by atoms with Gasteiger partial charge in [-0.25, -0.2) is 0 Å². The highest BCUT2D eigenvalue weighted by Crippen LogP contribution is 2.51. The van der Waals surface area contributed by atoms with E-state index >= 15 is 0 Å². The molecule has 3 aromatic rings. The zero-order valence-electron chi connectivity index (χ0n) is 16.2. The molecule has 3 aromatic carbocycles. The summed E-state index contributed by atoms with van der Waals surface area (Å²) in [6.07, 6.45) is 0.365. The zero-order valence-corrected chi connectivity index (χ0v) is 17.0. The number of aliphatic hydroxyl groups is 1. The van der Waals surface area contributed by atoms with Gasteiger partial charge in [-0.05, 0) is 48.7 Å². The Morgan fingerprint density at radius 1 is 0.966 bits per heavy atom. The number of hydrogen-bond acceptors (Lipinski definition) is 4. The molecule has 0 amide bonds. The first-order valence-electron chi connectivity index (χ1n) is 9.62. The molecule has 0 bridgehead atoms. The molecule has 2 aliphatic rings. The molecule has 5 rings (SSSR count). The van der Waals surface area contributed by atoms with Gasteiger partial charge >= 0.3 is 0 Å². The number of aryl methyl sites for hydroxylation is 1. The first-order valence-corrected chi connectivity index (χ1v) is 10.00. The topological polar surface area (TPSA) is 47.9 Å². The van der Waals surface area contributed by atoms with Crippen molar-refractivity contribution in [3.8, 4) is 17.2 Å². The molecular weight excluding hydrogens is 388 g/mol. The van der Waals surface area contributed by atoms with E-state index in [2.05, 4.69) is 0 Å². The molecule has 29 heavy (non-hydrogen) atoms. The minimum absolute atomic E-state index is 0.114. The molecule has 0 fully saturated rings. The molecule has 0 radical (unpaired) electrons. The van der Waals surface area contributed by atoms with Crippen LogP contribution in [0.25, 0.3) is 0 Å². The fraction of sp³-hybridized carbons (Fsp3) is 0.250. The predicted octanol–water partition coefficient (Wildman–Crippen LogP) is 5.45. The van der Waals surface area contributed by atoms with Gasteiger partial charge in [0.25, 0.3) is 0 Å². The van der Waals surface area contributed by atoms with Crippen LogP contribution < -0.4 is 14.2 Å². The van der Waals surface area contributed by atoms with E-state index < -0.39 is 5.79 Å². The molecule has 0 aromatic heterocycles. The van der Waals surface area contributed by atoms with E-state index in [-0.39, 0.29) is 12.7 Å². The molecule has 0 spiro atoms. The first kappa shape index (κ1) is 18.3. The zero-order chi connectivity index (χ0) is 20.2. The van der Waals surface area contributed by atoms with Crippen molar-refractivity contribution in [2.45, 2.75) is 32.0 Å². The van der Waals surface area contributed by atoms with Gasteiger partial charge in [0.2, 0.25) is 12.6 Å². The Balaban J connectivity index is 1.70. The summed E-state index contributed by atoms with van der Waals surface area (Å²) in [6.45, 7) is 4.18. The molecule has 2 atom stereocenters. The van der Waals surface area contributed by atoms with E-state index in [1.54, 1.807) is 0 Å². The third-order valence-corrected chi connectivity index (χ3v) is 6.41. The smallest absolute Gasteiger partial charge is 0.235 e. The first-order chi connectivity index (χ1) is 14.0. The lowest BCUT2D eigenvalue weighted by Crippen LogP contribution is -2.39. The van der Waals surface area contributed by atoms with Crippen molar-refractivity contribution in [3.63, 3.8) is 0 Å². The molecule has 148 valence electrons. The van der Waals surface area contributed by atoms with Crippen LogP contribution in [0, 0.1) is 13.8 Å². The fourth-order valence-electron chi connectivity index (χ4n) is 4.35. The predicted molar refractivity (Wildman–Crippen MR) is 111 cm³/mol. The van der Waals surface area contributed by atoms with Gasteiger partial charge in [0.15, 0.2) is 11.5 Å². The summed E-state index contributed by atoms with van der Waals surface area (Å²) in [5.74, 6) is 0.552. The van der Waals surface area contributed by atoms with Crippen LogP contribution in [0.5, 0.6) is 17.2 Å². The van der Waals surface area contributed by atoms with Gasteiger partial charge in [-0.15, -0.1) is 0 Å². The number of benzene rings is 3. The van der Waals surface area contributed by atoms with Crippen LogP contribution in [0.3, 0.4) is 0 Å². The molecular formula is C24H21ClO4. The van der Waals surface area contributed by atoms with Gasteiger partial charge in [0.05, 0.1) is 0 Å². The van der Waals surface area contributed by atoms with Crippen LogP contribution in [0.2, 0.25) is 5.02 Å². The van der Waals surface area contributed by atoms with Gasteiger partial charge in [0.1, 0.15) is 5.75 Å². The second kappa shape index (κ2) is 6.68. The number of halogens is 1. The molecule has 1 N–H and O–H groups in total. The molecule has 2 unspecified atom stereocenters. The summed E-state index contributed by atoms with van der Waals surface area (Å²) in [5.41, 5.74) is 4.64. The molecule has 2 heterocycles. The SMILES string of the molecule is Cc1cc2c(c(C)c1Cl)C(c1ccc3c(c1)OCO3)CC(O)(c1ccccc1)O2. The van der Waals surface area contributed by atoms with E-state index in [9.17, 15) is 5.11 Å². The Labute approximate surface area is 174 Å². The van der Waals surface area contributed by atoms with Crippen LogP contribution >= 0.6 is 11.6 Å². The summed E-state index contributed by atoms with van der Waals surface area (Å²) in [7, 11) is 0. The van der Waals surface area contributed by atoms with E-state index in [4.69, 9.17) is 25.8 Å². The lowest BCUT2D eigenvalue weighted by atomic mass is 9.78. The Morgan fingerprint density at radius 3 is 2.52 bits per heavy atom. The molecule has 0 aliphatic carbocycles. The normalized spacial score (nSPS) is 22.1. The number of fused-ring (bicyclic) bond motifs is 2. The Hall–Kier alpha value is -2.69. The standard InChI is InChI=1S/C24H21ClO4/c1-14-10-21-22(15(2)23(14)25)18(16-8-9-19-20(11-16)28-13-27-19)12-24(26,29-21)17-6-4-3-5-7-17/h3-11,18,26H,12-13H2,1-2H3. The quantitative estimate of drug-likeness (QED) is 0.613. The lowest BCUT2D eigenvalue weighted by molar-refractivity contribution is -0.161. The van der Waals surface area contributed by atoms with Crippen molar-refractivity contribution < 1.29 is 19.3 Å². The maximum atomic E-state index is 11.6. The number of ether oxygens (including phenoxy) is 3. The van der Waals surface area contributed by atoms with E-state index in [1.807, 2.05) is 68.4 Å². The van der Waals surface area contributed by atoms with Crippen LogP contribution in [-0.2, 0) is 5.79 Å². The van der Waals surface area contributed by atoms with Crippen molar-refractivity contribution in [2.24, 2.45) is 0 Å². The Kier molecular flexibility index (Phi) is 4.23. The Morgan fingerprint density at radius 2 is 1.72 bits per heavy atom. The van der Waals surface area contributed by atoms with Gasteiger partial charge in [-0.2, -0.15) is 0 Å². The average Bonchev–Trinajstić information content (AvgIpc) is 3.20. The van der Waals surface area contributed by atoms with Crippen LogP contribution in [0.15, 0.2) is 54.6 Å². The molecule has 2 aliphatic heterocycles. The summed E-state index contributed by atoms with van der Waals surface area (Å²) in [6, 6.07) is 17.3. The van der Waals surface area contributed by atoms with Crippen LogP contribution in [0.4, 0.5) is 0 Å². The van der Waals surface area contributed by atoms with E-state index in [1.165, 1.54) is 0 Å². The largest absolute Gasteiger partial charge is 0.458 e. The van der Waals surface area contributed by atoms with Gasteiger partial charge in [-0.3, -0.25) is 0 Å². The minimum atomic E-state index is -1.44. The average molecular weight is 409 g/mol. The summed E-state index contributed by atoms with van der Waals surface area (Å²) < 4.78 is 17.3. The van der Waals surface area contributed by atoms with Gasteiger partial charge < -0.3 is 19.3 Å². The summed E-state index contributed by atoms with van der Waals surface area (Å²) >= 11 is 6.59.